The fourth-order valence-corrected chi connectivity index (χ4v) is 3.40. The van der Waals surface area contributed by atoms with Gasteiger partial charge in [0.1, 0.15) is 17.7 Å². The van der Waals surface area contributed by atoms with Gasteiger partial charge in [-0.3, -0.25) is 4.79 Å². The molecule has 1 heterocycles. The van der Waals surface area contributed by atoms with Crippen molar-refractivity contribution in [2.24, 2.45) is 0 Å². The first-order chi connectivity index (χ1) is 13.6. The predicted molar refractivity (Wildman–Crippen MR) is 101 cm³/mol. The monoisotopic (exact) mass is 410 g/mol. The maximum Gasteiger partial charge on any atom is 0.419 e. The van der Waals surface area contributed by atoms with E-state index in [1.165, 1.54) is 13.0 Å². The number of benzene rings is 2. The zero-order valence-corrected chi connectivity index (χ0v) is 16.1. The highest BCUT2D eigenvalue weighted by Gasteiger charge is 2.35. The summed E-state index contributed by atoms with van der Waals surface area (Å²) in [7, 11) is 0. The van der Waals surface area contributed by atoms with Gasteiger partial charge in [0.05, 0.1) is 18.2 Å². The Morgan fingerprint density at radius 3 is 2.52 bits per heavy atom. The highest BCUT2D eigenvalue weighted by atomic mass is 19.4. The van der Waals surface area contributed by atoms with Crippen LogP contribution in [0.25, 0.3) is 0 Å². The Morgan fingerprint density at radius 2 is 1.90 bits per heavy atom. The largest absolute Gasteiger partial charge is 0.489 e. The molecule has 1 N–H and O–H groups in total. The first-order valence-electron chi connectivity index (χ1n) is 9.29. The van der Waals surface area contributed by atoms with Crippen LogP contribution in [0.3, 0.4) is 0 Å². The van der Waals surface area contributed by atoms with Crippen LogP contribution in [-0.4, -0.2) is 25.1 Å². The molecule has 4 nitrogen and oxygen atoms in total. The summed E-state index contributed by atoms with van der Waals surface area (Å²) in [6.45, 7) is 4.26. The Balaban J connectivity index is 1.62. The van der Waals surface area contributed by atoms with Gasteiger partial charge in [0.25, 0.3) is 0 Å². The van der Waals surface area contributed by atoms with Gasteiger partial charge in [-0.1, -0.05) is 12.1 Å². The fourth-order valence-electron chi connectivity index (χ4n) is 3.40. The van der Waals surface area contributed by atoms with Gasteiger partial charge in [0.2, 0.25) is 5.91 Å². The average Bonchev–Trinajstić information content (AvgIpc) is 3.09. The second-order valence-electron chi connectivity index (χ2n) is 7.13. The van der Waals surface area contributed by atoms with Crippen LogP contribution in [-0.2, 0) is 11.0 Å². The summed E-state index contributed by atoms with van der Waals surface area (Å²) in [5, 5.41) is 2.80. The third-order valence-electron chi connectivity index (χ3n) is 4.87. The first kappa shape index (κ1) is 21.0. The third-order valence-corrected chi connectivity index (χ3v) is 4.87. The van der Waals surface area contributed by atoms with E-state index in [2.05, 4.69) is 5.32 Å². The predicted octanol–water partition coefficient (Wildman–Crippen LogP) is 4.70. The lowest BCUT2D eigenvalue weighted by Gasteiger charge is -2.21. The number of nitrogens with zero attached hydrogens (tertiary/aromatic N) is 1. The van der Waals surface area contributed by atoms with Crippen LogP contribution in [0, 0.1) is 5.82 Å². The zero-order chi connectivity index (χ0) is 21.2. The summed E-state index contributed by atoms with van der Waals surface area (Å²) in [5.74, 6) is -0.745. The molecule has 29 heavy (non-hydrogen) atoms. The molecule has 0 aromatic heterocycles. The van der Waals surface area contributed by atoms with E-state index in [4.69, 9.17) is 4.74 Å². The molecule has 2 atom stereocenters. The summed E-state index contributed by atoms with van der Waals surface area (Å²) in [6.07, 6.45) is -4.28. The van der Waals surface area contributed by atoms with E-state index in [1.807, 2.05) is 19.1 Å². The molecule has 1 amide bonds. The highest BCUT2D eigenvalue weighted by molar-refractivity contribution is 5.73. The van der Waals surface area contributed by atoms with Crippen LogP contribution >= 0.6 is 0 Å². The lowest BCUT2D eigenvalue weighted by molar-refractivity contribution is -0.140. The van der Waals surface area contributed by atoms with Crippen LogP contribution in [0.5, 0.6) is 5.75 Å². The number of rotatable bonds is 5. The van der Waals surface area contributed by atoms with Crippen molar-refractivity contribution in [3.63, 3.8) is 0 Å². The summed E-state index contributed by atoms with van der Waals surface area (Å²) in [4.78, 5) is 12.9. The number of anilines is 1. The lowest BCUT2D eigenvalue weighted by atomic mass is 10.1. The summed E-state index contributed by atoms with van der Waals surface area (Å²) in [5.41, 5.74) is -0.000794. The molecule has 8 heteroatoms. The molecule has 0 saturated carbocycles. The molecule has 2 aromatic rings. The molecule has 1 saturated heterocycles. The number of alkyl halides is 3. The van der Waals surface area contributed by atoms with Gasteiger partial charge < -0.3 is 15.0 Å². The number of carbonyl (C=O) groups is 1. The van der Waals surface area contributed by atoms with Crippen molar-refractivity contribution in [1.29, 1.82) is 0 Å². The standard InChI is InChI=1S/C21H22F4N2O2/c1-13(26-14(2)28)15-3-6-17(7-4-15)29-18-9-10-27(12-18)16-5-8-20(22)19(11-16)21(23,24)25/h3-8,11,13,18H,9-10,12H2,1-2H3,(H,26,28). The van der Waals surface area contributed by atoms with Gasteiger partial charge in [0, 0.05) is 25.6 Å². The number of carbonyl (C=O) groups excluding carboxylic acids is 1. The topological polar surface area (TPSA) is 41.6 Å². The minimum absolute atomic E-state index is 0.113. The van der Waals surface area contributed by atoms with Gasteiger partial charge in [-0.05, 0) is 42.8 Å². The SMILES string of the molecule is CC(=O)NC(C)c1ccc(OC2CCN(c3ccc(F)c(C(F)(F)F)c3)C2)cc1. The Kier molecular flexibility index (Phi) is 6.00. The Morgan fingerprint density at radius 1 is 1.21 bits per heavy atom. The molecule has 0 radical (unpaired) electrons. The van der Waals surface area contributed by atoms with Crippen molar-refractivity contribution in [3.8, 4) is 5.75 Å². The normalized spacial score (nSPS) is 17.9. The van der Waals surface area contributed by atoms with Gasteiger partial charge in [-0.15, -0.1) is 0 Å². The summed E-state index contributed by atoms with van der Waals surface area (Å²) >= 11 is 0. The van der Waals surface area contributed by atoms with E-state index >= 15 is 0 Å². The van der Waals surface area contributed by atoms with Crippen molar-refractivity contribution >= 4 is 11.6 Å². The van der Waals surface area contributed by atoms with E-state index < -0.39 is 17.6 Å². The van der Waals surface area contributed by atoms with E-state index in [1.54, 1.807) is 17.0 Å². The van der Waals surface area contributed by atoms with Gasteiger partial charge in [-0.25, -0.2) is 4.39 Å². The molecule has 156 valence electrons. The van der Waals surface area contributed by atoms with Crippen molar-refractivity contribution in [3.05, 3.63) is 59.4 Å². The van der Waals surface area contributed by atoms with Crippen molar-refractivity contribution < 1.29 is 27.1 Å². The third kappa shape index (κ3) is 5.19. The fraction of sp³-hybridized carbons (Fsp3) is 0.381. The molecule has 0 spiro atoms. The maximum atomic E-state index is 13.5. The number of amides is 1. The first-order valence-corrected chi connectivity index (χ1v) is 9.29. The van der Waals surface area contributed by atoms with Crippen LogP contribution in [0.1, 0.15) is 37.4 Å². The van der Waals surface area contributed by atoms with E-state index in [0.717, 1.165) is 17.7 Å². The second-order valence-corrected chi connectivity index (χ2v) is 7.13. The molecule has 1 aliphatic rings. The molecule has 1 aliphatic heterocycles. The zero-order valence-electron chi connectivity index (χ0n) is 16.1. The number of hydrogen-bond acceptors (Lipinski definition) is 3. The molecular formula is C21H22F4N2O2. The number of nitrogens with one attached hydrogen (secondary N) is 1. The van der Waals surface area contributed by atoms with Crippen LogP contribution in [0.4, 0.5) is 23.2 Å². The minimum Gasteiger partial charge on any atom is -0.489 e. The van der Waals surface area contributed by atoms with Crippen LogP contribution in [0.2, 0.25) is 0 Å². The van der Waals surface area contributed by atoms with Crippen molar-refractivity contribution in [2.75, 3.05) is 18.0 Å². The average molecular weight is 410 g/mol. The molecule has 0 bridgehead atoms. The van der Waals surface area contributed by atoms with Crippen molar-refractivity contribution in [2.45, 2.75) is 38.6 Å². The van der Waals surface area contributed by atoms with Gasteiger partial charge >= 0.3 is 6.18 Å². The Labute approximate surface area is 166 Å². The second kappa shape index (κ2) is 8.31. The number of halogens is 4. The molecule has 3 rings (SSSR count). The Bertz CT molecular complexity index is 868. The van der Waals surface area contributed by atoms with E-state index in [0.29, 0.717) is 30.9 Å². The van der Waals surface area contributed by atoms with E-state index in [9.17, 15) is 22.4 Å². The Hall–Kier alpha value is -2.77. The molecule has 0 aliphatic carbocycles. The molecule has 1 fully saturated rings. The number of hydrogen-bond donors (Lipinski definition) is 1. The van der Waals surface area contributed by atoms with Crippen molar-refractivity contribution in [1.82, 2.24) is 5.32 Å². The summed E-state index contributed by atoms with van der Waals surface area (Å²) in [6, 6.07) is 10.2. The molecule has 2 aromatic carbocycles. The van der Waals surface area contributed by atoms with Crippen LogP contribution in [0.15, 0.2) is 42.5 Å². The number of ether oxygens (including phenoxy) is 1. The quantitative estimate of drug-likeness (QED) is 0.727. The van der Waals surface area contributed by atoms with Gasteiger partial charge in [0.15, 0.2) is 0 Å². The highest BCUT2D eigenvalue weighted by Crippen LogP contribution is 2.35. The minimum atomic E-state index is -4.73. The van der Waals surface area contributed by atoms with Crippen LogP contribution < -0.4 is 15.0 Å². The van der Waals surface area contributed by atoms with Gasteiger partial charge in [-0.2, -0.15) is 13.2 Å². The summed E-state index contributed by atoms with van der Waals surface area (Å²) < 4.78 is 58.2. The lowest BCUT2D eigenvalue weighted by Crippen LogP contribution is -2.25. The smallest absolute Gasteiger partial charge is 0.419 e. The maximum absolute atomic E-state index is 13.5. The molecule has 2 unspecified atom stereocenters. The molecular weight excluding hydrogens is 388 g/mol. The van der Waals surface area contributed by atoms with E-state index in [-0.39, 0.29) is 18.1 Å².